The van der Waals surface area contributed by atoms with Gasteiger partial charge < -0.3 is 20.3 Å². The van der Waals surface area contributed by atoms with Crippen LogP contribution in [0.4, 0.5) is 4.79 Å². The molecule has 0 radical (unpaired) electrons. The van der Waals surface area contributed by atoms with Crippen molar-refractivity contribution in [3.05, 3.63) is 0 Å². The lowest BCUT2D eigenvalue weighted by Gasteiger charge is -2.37. The molecule has 1 saturated heterocycles. The molecule has 0 saturated carbocycles. The summed E-state index contributed by atoms with van der Waals surface area (Å²) < 4.78 is 5.49. The SMILES string of the molecule is CCCNC(=O)C(C)NCC1CCCCN1C(=O)OC(C)(C)C. The second-order valence-corrected chi connectivity index (χ2v) is 7.24. The standard InChI is InChI=1S/C17H33N3O3/c1-6-10-18-15(21)13(2)19-12-14-9-7-8-11-20(14)16(22)23-17(3,4)5/h13-14,19H,6-12H2,1-5H3,(H,18,21). The molecule has 134 valence electrons. The van der Waals surface area contributed by atoms with Crippen LogP contribution in [0, 0.1) is 0 Å². The molecule has 1 aliphatic heterocycles. The van der Waals surface area contributed by atoms with Gasteiger partial charge in [0.05, 0.1) is 6.04 Å². The highest BCUT2D eigenvalue weighted by Crippen LogP contribution is 2.20. The van der Waals surface area contributed by atoms with E-state index in [9.17, 15) is 9.59 Å². The minimum Gasteiger partial charge on any atom is -0.444 e. The van der Waals surface area contributed by atoms with Gasteiger partial charge in [-0.15, -0.1) is 0 Å². The Hall–Kier alpha value is -1.30. The van der Waals surface area contributed by atoms with Crippen LogP contribution in [-0.2, 0) is 9.53 Å². The van der Waals surface area contributed by atoms with Gasteiger partial charge in [0.15, 0.2) is 0 Å². The van der Waals surface area contributed by atoms with Gasteiger partial charge >= 0.3 is 6.09 Å². The van der Waals surface area contributed by atoms with E-state index in [0.29, 0.717) is 13.1 Å². The number of rotatable bonds is 6. The Balaban J connectivity index is 2.51. The van der Waals surface area contributed by atoms with Gasteiger partial charge in [0.1, 0.15) is 5.60 Å². The van der Waals surface area contributed by atoms with Crippen molar-refractivity contribution in [1.82, 2.24) is 15.5 Å². The number of carbonyl (C=O) groups excluding carboxylic acids is 2. The highest BCUT2D eigenvalue weighted by Gasteiger charge is 2.30. The van der Waals surface area contributed by atoms with Crippen LogP contribution in [0.1, 0.15) is 60.3 Å². The maximum atomic E-state index is 12.3. The number of ether oxygens (including phenoxy) is 1. The predicted octanol–water partition coefficient (Wildman–Crippen LogP) is 2.28. The van der Waals surface area contributed by atoms with E-state index >= 15 is 0 Å². The van der Waals surface area contributed by atoms with E-state index < -0.39 is 5.60 Å². The lowest BCUT2D eigenvalue weighted by molar-refractivity contribution is -0.122. The zero-order valence-electron chi connectivity index (χ0n) is 15.3. The summed E-state index contributed by atoms with van der Waals surface area (Å²) >= 11 is 0. The minimum absolute atomic E-state index is 0.00600. The molecule has 6 heteroatoms. The maximum Gasteiger partial charge on any atom is 0.410 e. The molecule has 0 spiro atoms. The fraction of sp³-hybridized carbons (Fsp3) is 0.882. The van der Waals surface area contributed by atoms with Crippen LogP contribution < -0.4 is 10.6 Å². The van der Waals surface area contributed by atoms with Crippen LogP contribution >= 0.6 is 0 Å². The van der Waals surface area contributed by atoms with E-state index in [0.717, 1.165) is 32.2 Å². The summed E-state index contributed by atoms with van der Waals surface area (Å²) in [5.74, 6) is 0.00600. The molecule has 1 aliphatic rings. The van der Waals surface area contributed by atoms with Crippen molar-refractivity contribution in [2.45, 2.75) is 78.0 Å². The molecule has 0 aromatic rings. The molecule has 2 amide bonds. The average molecular weight is 327 g/mol. The second-order valence-electron chi connectivity index (χ2n) is 7.24. The fourth-order valence-corrected chi connectivity index (χ4v) is 2.58. The van der Waals surface area contributed by atoms with Crippen molar-refractivity contribution in [1.29, 1.82) is 0 Å². The third-order valence-corrected chi connectivity index (χ3v) is 3.86. The Morgan fingerprint density at radius 3 is 2.61 bits per heavy atom. The number of piperidine rings is 1. The smallest absolute Gasteiger partial charge is 0.410 e. The van der Waals surface area contributed by atoms with Crippen LogP contribution in [0.5, 0.6) is 0 Å². The monoisotopic (exact) mass is 327 g/mol. The Kier molecular flexibility index (Phi) is 7.82. The number of nitrogens with one attached hydrogen (secondary N) is 2. The number of hydrogen-bond acceptors (Lipinski definition) is 4. The molecule has 0 bridgehead atoms. The molecule has 6 nitrogen and oxygen atoms in total. The van der Waals surface area contributed by atoms with Crippen molar-refractivity contribution >= 4 is 12.0 Å². The first-order chi connectivity index (χ1) is 10.7. The van der Waals surface area contributed by atoms with Crippen molar-refractivity contribution in [2.75, 3.05) is 19.6 Å². The molecule has 0 aliphatic carbocycles. The lowest BCUT2D eigenvalue weighted by atomic mass is 10.0. The number of hydrogen-bond donors (Lipinski definition) is 2. The van der Waals surface area contributed by atoms with Crippen molar-refractivity contribution in [3.63, 3.8) is 0 Å². The molecule has 23 heavy (non-hydrogen) atoms. The van der Waals surface area contributed by atoms with Crippen LogP contribution in [0.3, 0.4) is 0 Å². The average Bonchev–Trinajstić information content (AvgIpc) is 2.48. The zero-order chi connectivity index (χ0) is 17.5. The third kappa shape index (κ3) is 7.20. The summed E-state index contributed by atoms with van der Waals surface area (Å²) in [5.41, 5.74) is -0.486. The highest BCUT2D eigenvalue weighted by atomic mass is 16.6. The van der Waals surface area contributed by atoms with Gasteiger partial charge in [-0.1, -0.05) is 6.92 Å². The Morgan fingerprint density at radius 1 is 1.30 bits per heavy atom. The Morgan fingerprint density at radius 2 is 2.00 bits per heavy atom. The van der Waals surface area contributed by atoms with E-state index in [1.54, 1.807) is 4.90 Å². The normalized spacial score (nSPS) is 20.0. The summed E-state index contributed by atoms with van der Waals surface area (Å²) in [7, 11) is 0. The maximum absolute atomic E-state index is 12.3. The molecule has 0 aromatic carbocycles. The zero-order valence-corrected chi connectivity index (χ0v) is 15.3. The summed E-state index contributed by atoms with van der Waals surface area (Å²) in [6.07, 6.45) is 3.71. The first-order valence-corrected chi connectivity index (χ1v) is 8.75. The first kappa shape index (κ1) is 19.7. The molecule has 2 atom stereocenters. The molecule has 2 unspecified atom stereocenters. The Labute approximate surface area is 140 Å². The highest BCUT2D eigenvalue weighted by molar-refractivity contribution is 5.81. The van der Waals surface area contributed by atoms with Crippen molar-refractivity contribution < 1.29 is 14.3 Å². The van der Waals surface area contributed by atoms with E-state index in [1.807, 2.05) is 34.6 Å². The fourth-order valence-electron chi connectivity index (χ4n) is 2.58. The summed E-state index contributed by atoms with van der Waals surface area (Å²) in [6.45, 7) is 11.5. The van der Waals surface area contributed by atoms with E-state index in [2.05, 4.69) is 10.6 Å². The molecular weight excluding hydrogens is 294 g/mol. The van der Waals surface area contributed by atoms with Gasteiger partial charge in [-0.05, 0) is 53.4 Å². The summed E-state index contributed by atoms with van der Waals surface area (Å²) in [5, 5.41) is 6.13. The second kappa shape index (κ2) is 9.11. The summed E-state index contributed by atoms with van der Waals surface area (Å²) in [4.78, 5) is 26.0. The van der Waals surface area contributed by atoms with Crippen molar-refractivity contribution in [3.8, 4) is 0 Å². The number of likely N-dealkylation sites (tertiary alicyclic amines) is 1. The van der Waals surface area contributed by atoms with Gasteiger partial charge in [-0.2, -0.15) is 0 Å². The van der Waals surface area contributed by atoms with Crippen LogP contribution in [0.2, 0.25) is 0 Å². The largest absolute Gasteiger partial charge is 0.444 e. The molecule has 1 fully saturated rings. The Bertz CT molecular complexity index is 393. The lowest BCUT2D eigenvalue weighted by Crippen LogP contribution is -2.53. The van der Waals surface area contributed by atoms with E-state index in [4.69, 9.17) is 4.74 Å². The topological polar surface area (TPSA) is 70.7 Å². The van der Waals surface area contributed by atoms with Gasteiger partial charge in [0.2, 0.25) is 5.91 Å². The number of carbonyl (C=O) groups is 2. The van der Waals surface area contributed by atoms with Crippen molar-refractivity contribution in [2.24, 2.45) is 0 Å². The van der Waals surface area contributed by atoms with Gasteiger partial charge in [-0.3, -0.25) is 4.79 Å². The third-order valence-electron chi connectivity index (χ3n) is 3.86. The molecule has 1 heterocycles. The molecule has 1 rings (SSSR count). The van der Waals surface area contributed by atoms with E-state index in [-0.39, 0.29) is 24.1 Å². The molecular formula is C17H33N3O3. The summed E-state index contributed by atoms with van der Waals surface area (Å²) in [6, 6.07) is -0.177. The van der Waals surface area contributed by atoms with Gasteiger partial charge in [-0.25, -0.2) is 4.79 Å². The van der Waals surface area contributed by atoms with E-state index in [1.165, 1.54) is 0 Å². The quantitative estimate of drug-likeness (QED) is 0.785. The number of amides is 2. The first-order valence-electron chi connectivity index (χ1n) is 8.75. The minimum atomic E-state index is -0.486. The van der Waals surface area contributed by atoms with Gasteiger partial charge in [0.25, 0.3) is 0 Å². The number of nitrogens with zero attached hydrogens (tertiary/aromatic N) is 1. The van der Waals surface area contributed by atoms with Gasteiger partial charge in [0, 0.05) is 25.7 Å². The van der Waals surface area contributed by atoms with Crippen LogP contribution in [-0.4, -0.2) is 54.2 Å². The van der Waals surface area contributed by atoms with Crippen LogP contribution in [0.15, 0.2) is 0 Å². The van der Waals surface area contributed by atoms with Crippen LogP contribution in [0.25, 0.3) is 0 Å². The predicted molar refractivity (Wildman–Crippen MR) is 91.3 cm³/mol. The molecule has 0 aromatic heterocycles. The molecule has 2 N–H and O–H groups in total.